The van der Waals surface area contributed by atoms with E-state index >= 15 is 0 Å². The molecule has 1 amide bonds. The lowest BCUT2D eigenvalue weighted by Crippen LogP contribution is -2.46. The Morgan fingerprint density at radius 1 is 1.57 bits per heavy atom. The van der Waals surface area contributed by atoms with Gasteiger partial charge in [-0.3, -0.25) is 4.79 Å². The molecule has 80 valence electrons. The Balaban J connectivity index is 2.47. The maximum Gasteiger partial charge on any atom is 0.227 e. The van der Waals surface area contributed by atoms with Gasteiger partial charge in [-0.1, -0.05) is 19.1 Å². The van der Waals surface area contributed by atoms with Gasteiger partial charge in [0, 0.05) is 12.6 Å². The Kier molecular flexibility index (Phi) is 3.69. The van der Waals surface area contributed by atoms with Crippen molar-refractivity contribution in [2.24, 2.45) is 11.1 Å². The number of nitrogens with one attached hydrogen (secondary N) is 1. The average Bonchev–Trinajstić information content (AvgIpc) is 2.69. The van der Waals surface area contributed by atoms with E-state index in [0.717, 1.165) is 19.3 Å². The Labute approximate surface area is 85.7 Å². The lowest BCUT2D eigenvalue weighted by atomic mass is 9.86. The molecule has 0 saturated heterocycles. The fourth-order valence-corrected chi connectivity index (χ4v) is 1.49. The molecule has 1 rings (SSSR count). The SMILES string of the molecule is CCC(C)(CN)C(=O)NC1CC=CC1. The zero-order valence-electron chi connectivity index (χ0n) is 9.05. The molecule has 0 aliphatic heterocycles. The molecular weight excluding hydrogens is 176 g/mol. The molecule has 0 saturated carbocycles. The average molecular weight is 196 g/mol. The normalized spacial score (nSPS) is 20.8. The van der Waals surface area contributed by atoms with E-state index < -0.39 is 5.41 Å². The predicted molar refractivity (Wildman–Crippen MR) is 57.8 cm³/mol. The summed E-state index contributed by atoms with van der Waals surface area (Å²) < 4.78 is 0. The Morgan fingerprint density at radius 3 is 2.57 bits per heavy atom. The second-order valence-corrected chi connectivity index (χ2v) is 4.23. The van der Waals surface area contributed by atoms with Gasteiger partial charge in [0.15, 0.2) is 0 Å². The fraction of sp³-hybridized carbons (Fsp3) is 0.727. The van der Waals surface area contributed by atoms with E-state index in [1.165, 1.54) is 0 Å². The summed E-state index contributed by atoms with van der Waals surface area (Å²) in [5.41, 5.74) is 5.22. The lowest BCUT2D eigenvalue weighted by Gasteiger charge is -2.27. The van der Waals surface area contributed by atoms with Crippen molar-refractivity contribution < 1.29 is 4.79 Å². The predicted octanol–water partition coefficient (Wildman–Crippen LogP) is 1.20. The molecule has 0 spiro atoms. The van der Waals surface area contributed by atoms with E-state index in [1.807, 2.05) is 13.8 Å². The van der Waals surface area contributed by atoms with E-state index in [4.69, 9.17) is 5.73 Å². The minimum atomic E-state index is -0.400. The van der Waals surface area contributed by atoms with Crippen molar-refractivity contribution >= 4 is 5.91 Å². The molecule has 1 atom stereocenters. The second-order valence-electron chi connectivity index (χ2n) is 4.23. The number of rotatable bonds is 4. The monoisotopic (exact) mass is 196 g/mol. The summed E-state index contributed by atoms with van der Waals surface area (Å²) in [6.07, 6.45) is 6.91. The van der Waals surface area contributed by atoms with Gasteiger partial charge in [0.1, 0.15) is 0 Å². The molecule has 0 fully saturated rings. The summed E-state index contributed by atoms with van der Waals surface area (Å²) >= 11 is 0. The van der Waals surface area contributed by atoms with Crippen LogP contribution in [0.15, 0.2) is 12.2 Å². The van der Waals surface area contributed by atoms with Gasteiger partial charge in [-0.25, -0.2) is 0 Å². The van der Waals surface area contributed by atoms with Crippen LogP contribution in [0.5, 0.6) is 0 Å². The molecule has 0 aromatic heterocycles. The molecule has 3 N–H and O–H groups in total. The van der Waals surface area contributed by atoms with Crippen LogP contribution in [0.1, 0.15) is 33.1 Å². The third kappa shape index (κ3) is 2.35. The molecular formula is C11H20N2O. The number of carbonyl (C=O) groups is 1. The van der Waals surface area contributed by atoms with Crippen LogP contribution in [0, 0.1) is 5.41 Å². The second kappa shape index (κ2) is 4.60. The zero-order chi connectivity index (χ0) is 10.6. The zero-order valence-corrected chi connectivity index (χ0v) is 9.05. The molecule has 1 aliphatic rings. The van der Waals surface area contributed by atoms with Crippen molar-refractivity contribution in [1.29, 1.82) is 0 Å². The van der Waals surface area contributed by atoms with Crippen LogP contribution in [-0.2, 0) is 4.79 Å². The first-order valence-electron chi connectivity index (χ1n) is 5.28. The summed E-state index contributed by atoms with van der Waals surface area (Å²) in [6.45, 7) is 4.33. The van der Waals surface area contributed by atoms with E-state index in [9.17, 15) is 4.79 Å². The molecule has 0 radical (unpaired) electrons. The van der Waals surface area contributed by atoms with Crippen molar-refractivity contribution in [3.63, 3.8) is 0 Å². The van der Waals surface area contributed by atoms with Crippen LogP contribution in [0.2, 0.25) is 0 Å². The largest absolute Gasteiger partial charge is 0.352 e. The third-order valence-corrected chi connectivity index (χ3v) is 3.12. The third-order valence-electron chi connectivity index (χ3n) is 3.12. The maximum absolute atomic E-state index is 11.9. The Morgan fingerprint density at radius 2 is 2.14 bits per heavy atom. The highest BCUT2D eigenvalue weighted by Crippen LogP contribution is 2.20. The minimum Gasteiger partial charge on any atom is -0.352 e. The summed E-state index contributed by atoms with van der Waals surface area (Å²) in [7, 11) is 0. The number of nitrogens with two attached hydrogens (primary N) is 1. The molecule has 0 heterocycles. The fourth-order valence-electron chi connectivity index (χ4n) is 1.49. The molecule has 0 bridgehead atoms. The van der Waals surface area contributed by atoms with E-state index in [1.54, 1.807) is 0 Å². The van der Waals surface area contributed by atoms with Crippen LogP contribution in [0.25, 0.3) is 0 Å². The van der Waals surface area contributed by atoms with E-state index in [-0.39, 0.29) is 5.91 Å². The van der Waals surface area contributed by atoms with Gasteiger partial charge in [0.05, 0.1) is 5.41 Å². The van der Waals surface area contributed by atoms with Gasteiger partial charge >= 0.3 is 0 Å². The first kappa shape index (κ1) is 11.2. The summed E-state index contributed by atoms with van der Waals surface area (Å²) in [6, 6.07) is 0.292. The highest BCUT2D eigenvalue weighted by molar-refractivity contribution is 5.82. The molecule has 0 aromatic carbocycles. The highest BCUT2D eigenvalue weighted by Gasteiger charge is 2.30. The van der Waals surface area contributed by atoms with Gasteiger partial charge in [-0.2, -0.15) is 0 Å². The van der Waals surface area contributed by atoms with Crippen molar-refractivity contribution in [3.05, 3.63) is 12.2 Å². The smallest absolute Gasteiger partial charge is 0.227 e. The van der Waals surface area contributed by atoms with Crippen molar-refractivity contribution in [3.8, 4) is 0 Å². The van der Waals surface area contributed by atoms with Crippen molar-refractivity contribution in [1.82, 2.24) is 5.32 Å². The molecule has 3 nitrogen and oxygen atoms in total. The van der Waals surface area contributed by atoms with Crippen LogP contribution < -0.4 is 11.1 Å². The topological polar surface area (TPSA) is 55.1 Å². The van der Waals surface area contributed by atoms with Gasteiger partial charge in [-0.15, -0.1) is 0 Å². The first-order chi connectivity index (χ1) is 6.62. The summed E-state index contributed by atoms with van der Waals surface area (Å²) in [5, 5.41) is 3.04. The molecule has 0 aromatic rings. The molecule has 3 heteroatoms. The van der Waals surface area contributed by atoms with Crippen LogP contribution in [0.3, 0.4) is 0 Å². The molecule has 14 heavy (non-hydrogen) atoms. The highest BCUT2D eigenvalue weighted by atomic mass is 16.2. The van der Waals surface area contributed by atoms with Crippen LogP contribution in [0.4, 0.5) is 0 Å². The maximum atomic E-state index is 11.9. The van der Waals surface area contributed by atoms with Crippen molar-refractivity contribution in [2.75, 3.05) is 6.54 Å². The standard InChI is InChI=1S/C11H20N2O/c1-3-11(2,8-12)10(14)13-9-6-4-5-7-9/h4-5,9H,3,6-8,12H2,1-2H3,(H,13,14). The van der Waals surface area contributed by atoms with Crippen LogP contribution >= 0.6 is 0 Å². The Hall–Kier alpha value is -0.830. The van der Waals surface area contributed by atoms with Crippen molar-refractivity contribution in [2.45, 2.75) is 39.2 Å². The van der Waals surface area contributed by atoms with E-state index in [0.29, 0.717) is 12.6 Å². The molecule has 1 aliphatic carbocycles. The summed E-state index contributed by atoms with van der Waals surface area (Å²) in [5.74, 6) is 0.0937. The van der Waals surface area contributed by atoms with Gasteiger partial charge in [0.2, 0.25) is 5.91 Å². The van der Waals surface area contributed by atoms with E-state index in [2.05, 4.69) is 17.5 Å². The number of hydrogen-bond acceptors (Lipinski definition) is 2. The quantitative estimate of drug-likeness (QED) is 0.664. The summed E-state index contributed by atoms with van der Waals surface area (Å²) in [4.78, 5) is 11.9. The lowest BCUT2D eigenvalue weighted by molar-refractivity contribution is -0.130. The minimum absolute atomic E-state index is 0.0937. The Bertz CT molecular complexity index is 223. The van der Waals surface area contributed by atoms with Gasteiger partial charge in [0.25, 0.3) is 0 Å². The number of amides is 1. The molecule has 1 unspecified atom stereocenters. The van der Waals surface area contributed by atoms with Gasteiger partial charge in [-0.05, 0) is 26.2 Å². The first-order valence-corrected chi connectivity index (χ1v) is 5.28. The van der Waals surface area contributed by atoms with Gasteiger partial charge < -0.3 is 11.1 Å². The number of carbonyl (C=O) groups excluding carboxylic acids is 1. The number of hydrogen-bond donors (Lipinski definition) is 2. The van der Waals surface area contributed by atoms with Crippen LogP contribution in [-0.4, -0.2) is 18.5 Å².